The van der Waals surface area contributed by atoms with E-state index in [1.165, 1.54) is 7.11 Å². The molecule has 1 N–H and O–H groups in total. The van der Waals surface area contributed by atoms with Gasteiger partial charge in [-0.1, -0.05) is 6.92 Å². The van der Waals surface area contributed by atoms with Crippen LogP contribution in [0.3, 0.4) is 0 Å². The normalized spacial score (nSPS) is 29.7. The molecule has 1 aliphatic carbocycles. The van der Waals surface area contributed by atoms with Crippen LogP contribution in [-0.4, -0.2) is 50.2 Å². The van der Waals surface area contributed by atoms with Gasteiger partial charge in [-0.3, -0.25) is 4.79 Å². The second-order valence-electron chi connectivity index (χ2n) is 4.70. The summed E-state index contributed by atoms with van der Waals surface area (Å²) in [6, 6.07) is 0.492. The molecule has 0 heterocycles. The number of esters is 1. The standard InChI is InChI=1S/C12H24N2O2/c1-5-8-14(3)10-6-7-12(9-10,13-2)11(15)16-4/h10,13H,5-9H2,1-4H3. The minimum Gasteiger partial charge on any atom is -0.468 e. The molecule has 0 aliphatic heterocycles. The quantitative estimate of drug-likeness (QED) is 0.713. The fourth-order valence-corrected chi connectivity index (χ4v) is 2.64. The molecule has 0 aromatic carbocycles. The van der Waals surface area contributed by atoms with Crippen molar-refractivity contribution in [3.05, 3.63) is 0 Å². The number of nitrogens with zero attached hydrogens (tertiary/aromatic N) is 1. The second-order valence-corrected chi connectivity index (χ2v) is 4.70. The molecule has 1 aliphatic rings. The lowest BCUT2D eigenvalue weighted by molar-refractivity contribution is -0.148. The summed E-state index contributed by atoms with van der Waals surface area (Å²) in [6.45, 7) is 3.27. The van der Waals surface area contributed by atoms with Crippen LogP contribution in [0.1, 0.15) is 32.6 Å². The molecular weight excluding hydrogens is 204 g/mol. The summed E-state index contributed by atoms with van der Waals surface area (Å²) in [4.78, 5) is 14.1. The number of ether oxygens (including phenoxy) is 1. The third-order valence-corrected chi connectivity index (χ3v) is 3.74. The fourth-order valence-electron chi connectivity index (χ4n) is 2.64. The number of methoxy groups -OCH3 is 1. The highest BCUT2D eigenvalue weighted by molar-refractivity contribution is 5.81. The number of hydrogen-bond donors (Lipinski definition) is 1. The van der Waals surface area contributed by atoms with E-state index in [4.69, 9.17) is 4.74 Å². The Morgan fingerprint density at radius 1 is 1.62 bits per heavy atom. The minimum absolute atomic E-state index is 0.123. The van der Waals surface area contributed by atoms with Crippen LogP contribution in [0.15, 0.2) is 0 Å². The first-order valence-electron chi connectivity index (χ1n) is 6.07. The van der Waals surface area contributed by atoms with Crippen LogP contribution in [0.25, 0.3) is 0 Å². The zero-order chi connectivity index (χ0) is 12.2. The van der Waals surface area contributed by atoms with Gasteiger partial charge in [0.15, 0.2) is 0 Å². The lowest BCUT2D eigenvalue weighted by Crippen LogP contribution is -2.50. The summed E-state index contributed by atoms with van der Waals surface area (Å²) >= 11 is 0. The maximum atomic E-state index is 11.8. The fraction of sp³-hybridized carbons (Fsp3) is 0.917. The molecule has 1 saturated carbocycles. The predicted octanol–water partition coefficient (Wildman–Crippen LogP) is 1.01. The van der Waals surface area contributed by atoms with E-state index in [0.717, 1.165) is 32.2 Å². The molecule has 0 aromatic heterocycles. The zero-order valence-corrected chi connectivity index (χ0v) is 10.9. The van der Waals surface area contributed by atoms with E-state index >= 15 is 0 Å². The van der Waals surface area contributed by atoms with Crippen molar-refractivity contribution < 1.29 is 9.53 Å². The van der Waals surface area contributed by atoms with Crippen molar-refractivity contribution in [1.29, 1.82) is 0 Å². The van der Waals surface area contributed by atoms with E-state index in [9.17, 15) is 4.79 Å². The SMILES string of the molecule is CCCN(C)C1CCC(NC)(C(=O)OC)C1. The molecular formula is C12H24N2O2. The zero-order valence-electron chi connectivity index (χ0n) is 10.9. The van der Waals surface area contributed by atoms with Gasteiger partial charge in [-0.25, -0.2) is 0 Å². The van der Waals surface area contributed by atoms with Crippen molar-refractivity contribution in [1.82, 2.24) is 10.2 Å². The van der Waals surface area contributed by atoms with E-state index in [1.54, 1.807) is 0 Å². The highest BCUT2D eigenvalue weighted by Crippen LogP contribution is 2.33. The molecule has 1 rings (SSSR count). The maximum Gasteiger partial charge on any atom is 0.326 e. The van der Waals surface area contributed by atoms with Gasteiger partial charge >= 0.3 is 5.97 Å². The Morgan fingerprint density at radius 2 is 2.31 bits per heavy atom. The van der Waals surface area contributed by atoms with Crippen molar-refractivity contribution in [2.45, 2.75) is 44.2 Å². The van der Waals surface area contributed by atoms with Gasteiger partial charge in [0.05, 0.1) is 7.11 Å². The monoisotopic (exact) mass is 228 g/mol. The Balaban J connectivity index is 2.64. The van der Waals surface area contributed by atoms with Gasteiger partial charge in [0.25, 0.3) is 0 Å². The van der Waals surface area contributed by atoms with E-state index < -0.39 is 5.54 Å². The summed E-state index contributed by atoms with van der Waals surface area (Å²) < 4.78 is 4.90. The third kappa shape index (κ3) is 2.55. The predicted molar refractivity (Wildman–Crippen MR) is 64.4 cm³/mol. The smallest absolute Gasteiger partial charge is 0.326 e. The maximum absolute atomic E-state index is 11.8. The molecule has 1 fully saturated rings. The van der Waals surface area contributed by atoms with Crippen LogP contribution in [0.2, 0.25) is 0 Å². The largest absolute Gasteiger partial charge is 0.468 e. The molecule has 0 saturated heterocycles. The molecule has 2 unspecified atom stereocenters. The number of likely N-dealkylation sites (N-methyl/N-ethyl adjacent to an activating group) is 1. The Morgan fingerprint density at radius 3 is 2.81 bits per heavy atom. The summed E-state index contributed by atoms with van der Waals surface area (Å²) in [6.07, 6.45) is 3.94. The molecule has 2 atom stereocenters. The Bertz CT molecular complexity index is 245. The number of carbonyl (C=O) groups excluding carboxylic acids is 1. The molecule has 0 radical (unpaired) electrons. The van der Waals surface area contributed by atoms with Crippen molar-refractivity contribution >= 4 is 5.97 Å². The highest BCUT2D eigenvalue weighted by atomic mass is 16.5. The summed E-state index contributed by atoms with van der Waals surface area (Å²) in [7, 11) is 5.45. The van der Waals surface area contributed by atoms with Gasteiger partial charge in [0, 0.05) is 6.04 Å². The number of nitrogens with one attached hydrogen (secondary N) is 1. The van der Waals surface area contributed by atoms with Crippen LogP contribution in [-0.2, 0) is 9.53 Å². The van der Waals surface area contributed by atoms with Crippen molar-refractivity contribution in [2.24, 2.45) is 0 Å². The van der Waals surface area contributed by atoms with Crippen LogP contribution in [0, 0.1) is 0 Å². The summed E-state index contributed by atoms with van der Waals surface area (Å²) in [5.74, 6) is -0.123. The molecule has 0 spiro atoms. The third-order valence-electron chi connectivity index (χ3n) is 3.74. The lowest BCUT2D eigenvalue weighted by atomic mass is 9.97. The lowest BCUT2D eigenvalue weighted by Gasteiger charge is -2.28. The molecule has 94 valence electrons. The highest BCUT2D eigenvalue weighted by Gasteiger charge is 2.45. The van der Waals surface area contributed by atoms with Crippen LogP contribution in [0.4, 0.5) is 0 Å². The van der Waals surface area contributed by atoms with Gasteiger partial charge in [-0.15, -0.1) is 0 Å². The van der Waals surface area contributed by atoms with E-state index in [1.807, 2.05) is 7.05 Å². The molecule has 0 bridgehead atoms. The molecule has 4 heteroatoms. The first-order chi connectivity index (χ1) is 7.59. The van der Waals surface area contributed by atoms with Crippen LogP contribution >= 0.6 is 0 Å². The van der Waals surface area contributed by atoms with Crippen molar-refractivity contribution in [3.63, 3.8) is 0 Å². The van der Waals surface area contributed by atoms with Crippen molar-refractivity contribution in [2.75, 3.05) is 27.7 Å². The Kier molecular flexibility index (Phi) is 4.74. The first kappa shape index (κ1) is 13.5. The average molecular weight is 228 g/mol. The summed E-state index contributed by atoms with van der Waals surface area (Å²) in [5, 5.41) is 3.15. The molecule has 0 aromatic rings. The first-order valence-corrected chi connectivity index (χ1v) is 6.07. The molecule has 0 amide bonds. The number of rotatable bonds is 5. The van der Waals surface area contributed by atoms with Gasteiger partial charge in [0.1, 0.15) is 5.54 Å². The number of carbonyl (C=O) groups is 1. The summed E-state index contributed by atoms with van der Waals surface area (Å²) in [5.41, 5.74) is -0.457. The number of hydrogen-bond acceptors (Lipinski definition) is 4. The Hall–Kier alpha value is -0.610. The minimum atomic E-state index is -0.457. The molecule has 16 heavy (non-hydrogen) atoms. The van der Waals surface area contributed by atoms with Gasteiger partial charge in [0.2, 0.25) is 0 Å². The second kappa shape index (κ2) is 5.64. The van der Waals surface area contributed by atoms with Crippen LogP contribution < -0.4 is 5.32 Å². The molecule has 4 nitrogen and oxygen atoms in total. The van der Waals surface area contributed by atoms with Crippen LogP contribution in [0.5, 0.6) is 0 Å². The van der Waals surface area contributed by atoms with Gasteiger partial charge in [-0.2, -0.15) is 0 Å². The topological polar surface area (TPSA) is 41.6 Å². The average Bonchev–Trinajstić information content (AvgIpc) is 2.74. The van der Waals surface area contributed by atoms with Crippen molar-refractivity contribution in [3.8, 4) is 0 Å². The van der Waals surface area contributed by atoms with E-state index in [2.05, 4.69) is 24.2 Å². The van der Waals surface area contributed by atoms with Gasteiger partial charge < -0.3 is 15.0 Å². The van der Waals surface area contributed by atoms with E-state index in [-0.39, 0.29) is 5.97 Å². The Labute approximate surface area is 98.3 Å². The van der Waals surface area contributed by atoms with E-state index in [0.29, 0.717) is 6.04 Å². The van der Waals surface area contributed by atoms with Gasteiger partial charge in [-0.05, 0) is 46.3 Å².